The third-order valence-electron chi connectivity index (χ3n) is 4.47. The molecule has 0 aromatic heterocycles. The highest BCUT2D eigenvalue weighted by molar-refractivity contribution is 7.57. The van der Waals surface area contributed by atoms with E-state index in [2.05, 4.69) is 83.7 Å². The molecule has 42 heavy (non-hydrogen) atoms. The molecule has 0 aliphatic heterocycles. The Hall–Kier alpha value is 0.881. The maximum atomic E-state index is 14.1. The number of phosphoric acid groups is 1. The highest BCUT2D eigenvalue weighted by Crippen LogP contribution is 2.58. The van der Waals surface area contributed by atoms with Crippen molar-refractivity contribution in [3.05, 3.63) is 0 Å². The van der Waals surface area contributed by atoms with Gasteiger partial charge >= 0.3 is 8.17 Å². The largest absolute Gasteiger partial charge is 0.607 e. The van der Waals surface area contributed by atoms with E-state index in [1.807, 2.05) is 39.3 Å². The van der Waals surface area contributed by atoms with Gasteiger partial charge in [-0.05, 0) is 118 Å². The first kappa shape index (κ1) is 42.9. The molecule has 17 heteroatoms. The van der Waals surface area contributed by atoms with Crippen LogP contribution in [0.3, 0.4) is 0 Å². The lowest BCUT2D eigenvalue weighted by molar-refractivity contribution is -0.235. The molecule has 10 nitrogen and oxygen atoms in total. The molecule has 0 aromatic rings. The Kier molecular flexibility index (Phi) is 16.5. The summed E-state index contributed by atoms with van der Waals surface area (Å²) in [6, 6.07) is 0. The van der Waals surface area contributed by atoms with Gasteiger partial charge in [0.2, 0.25) is 16.6 Å². The van der Waals surface area contributed by atoms with E-state index in [4.69, 9.17) is 35.5 Å². The Bertz CT molecular complexity index is 815. The summed E-state index contributed by atoms with van der Waals surface area (Å²) in [7, 11) is -15.7. The normalized spacial score (nSPS) is 17.8. The fourth-order valence-corrected chi connectivity index (χ4v) is 14.7. The molecule has 0 aliphatic rings. The average molecular weight is 722 g/mol. The molecule has 0 aliphatic carbocycles. The fraction of sp³-hybridized carbons (Fsp3) is 0.960. The van der Waals surface area contributed by atoms with E-state index in [9.17, 15) is 4.89 Å². The van der Waals surface area contributed by atoms with Crippen molar-refractivity contribution in [2.75, 3.05) is 13.7 Å². The van der Waals surface area contributed by atoms with Gasteiger partial charge in [0.1, 0.15) is 38.1 Å². The number of hydrogen-bond donors (Lipinski definition) is 0. The molecule has 0 radical (unpaired) electrons. The molecule has 0 fully saturated rings. The van der Waals surface area contributed by atoms with Gasteiger partial charge < -0.3 is 27.4 Å². The second-order valence-electron chi connectivity index (χ2n) is 16.4. The predicted octanol–water partition coefficient (Wildman–Crippen LogP) is 7.26. The standard InChI is InChI=1S/C25H64NO9PSi6/c1-28-26-20-22(30-37(2,3)4)24(32-39(8,9)10)25(33-40(11,12)13)23(31-38(5,6)7)21-29-36(27,34-41(14,15)16)35-42(17,18)19/h20,22-25H,21H2,1-19H3/b26-20-/t22-,23+,24+,25-/m0/s1. The topological polar surface area (TPSA) is 109 Å². The van der Waals surface area contributed by atoms with Crippen LogP contribution in [-0.2, 0) is 35.5 Å². The van der Waals surface area contributed by atoms with E-state index in [1.54, 1.807) is 6.21 Å². The maximum absolute atomic E-state index is 14.1. The zero-order valence-electron chi connectivity index (χ0n) is 30.2. The number of nitrogens with zero attached hydrogens (tertiary/aromatic N) is 1. The monoisotopic (exact) mass is 721 g/mol. The van der Waals surface area contributed by atoms with Crippen molar-refractivity contribution in [2.24, 2.45) is 5.16 Å². The summed E-state index contributed by atoms with van der Waals surface area (Å²) in [6.45, 7) is 37.2. The minimum Gasteiger partial charge on any atom is -0.607 e. The van der Waals surface area contributed by atoms with Crippen LogP contribution in [0.25, 0.3) is 0 Å². The van der Waals surface area contributed by atoms with Crippen molar-refractivity contribution in [1.29, 1.82) is 0 Å². The molecular weight excluding hydrogens is 658 g/mol. The van der Waals surface area contributed by atoms with Crippen molar-refractivity contribution in [3.8, 4) is 0 Å². The molecule has 252 valence electrons. The maximum Gasteiger partial charge on any atom is 0.356 e. The first-order chi connectivity index (χ1) is 18.3. The van der Waals surface area contributed by atoms with E-state index in [1.165, 1.54) is 7.11 Å². The third kappa shape index (κ3) is 21.6. The predicted molar refractivity (Wildman–Crippen MR) is 190 cm³/mol. The minimum absolute atomic E-state index is 0.0572. The van der Waals surface area contributed by atoms with Crippen LogP contribution in [0.5, 0.6) is 0 Å². The average Bonchev–Trinajstić information content (AvgIpc) is 2.65. The molecule has 0 unspecified atom stereocenters. The van der Waals surface area contributed by atoms with Crippen LogP contribution in [0, 0.1) is 0 Å². The van der Waals surface area contributed by atoms with Gasteiger partial charge in [0.05, 0.1) is 6.21 Å². The molecule has 0 rings (SSSR count). The smallest absolute Gasteiger partial charge is 0.356 e. The van der Waals surface area contributed by atoms with Crippen LogP contribution in [0.2, 0.25) is 118 Å². The van der Waals surface area contributed by atoms with Gasteiger partial charge in [0, 0.05) is 0 Å². The quantitative estimate of drug-likeness (QED) is 0.0556. The molecule has 0 amide bonds. The molecule has 0 saturated carbocycles. The van der Waals surface area contributed by atoms with E-state index in [0.29, 0.717) is 0 Å². The van der Waals surface area contributed by atoms with Gasteiger partial charge in [0.25, 0.3) is 0 Å². The van der Waals surface area contributed by atoms with Crippen LogP contribution in [0.4, 0.5) is 0 Å². The number of rotatable bonds is 20. The van der Waals surface area contributed by atoms with Gasteiger partial charge in [-0.3, -0.25) is 0 Å². The van der Waals surface area contributed by atoms with E-state index < -0.39 is 82.5 Å². The summed E-state index contributed by atoms with van der Waals surface area (Å²) in [5.74, 6) is 0. The minimum atomic E-state index is -3.91. The molecular formula is C25H64NO9PSi6. The molecule has 0 spiro atoms. The van der Waals surface area contributed by atoms with Gasteiger partial charge in [-0.1, -0.05) is 5.16 Å². The Labute approximate surface area is 265 Å². The van der Waals surface area contributed by atoms with Crippen molar-refractivity contribution in [2.45, 2.75) is 142 Å². The summed E-state index contributed by atoms with van der Waals surface area (Å²) in [5.41, 5.74) is 0. The van der Waals surface area contributed by atoms with Gasteiger partial charge in [0.15, 0.2) is 33.3 Å². The summed E-state index contributed by atoms with van der Waals surface area (Å²) in [4.78, 5) is 19.2. The van der Waals surface area contributed by atoms with Crippen LogP contribution in [-0.4, -0.2) is 94.3 Å². The summed E-state index contributed by atoms with van der Waals surface area (Å²) in [6.07, 6.45) is -0.761. The van der Waals surface area contributed by atoms with Gasteiger partial charge in [-0.15, -0.1) is 0 Å². The molecule has 4 atom stereocenters. The SMILES string of the molecule is CO/N=C\[C@H](O[Si](C)(C)C)[C@@H](O[Si](C)(C)C)[C@@H](O[Si](C)(C)C)[C@@H](CO[P+]([O-])(O[Si](C)(C)C)O[Si](C)(C)C)O[Si](C)(C)C. The zero-order valence-corrected chi connectivity index (χ0v) is 37.1. The van der Waals surface area contributed by atoms with E-state index in [0.717, 1.165) is 0 Å². The Morgan fingerprint density at radius 2 is 0.952 bits per heavy atom. The second-order valence-corrected chi connectivity index (χ2v) is 45.3. The van der Waals surface area contributed by atoms with Gasteiger partial charge in [-0.2, -0.15) is 4.52 Å². The Balaban J connectivity index is 7.11. The first-order valence-corrected chi connectivity index (χ1v) is 36.7. The number of hydrogen-bond acceptors (Lipinski definition) is 10. The number of oxime groups is 1. The van der Waals surface area contributed by atoms with Crippen molar-refractivity contribution >= 4 is 64.3 Å². The van der Waals surface area contributed by atoms with Crippen molar-refractivity contribution in [1.82, 2.24) is 0 Å². The molecule has 0 N–H and O–H groups in total. The van der Waals surface area contributed by atoms with E-state index >= 15 is 0 Å². The summed E-state index contributed by atoms with van der Waals surface area (Å²) >= 11 is 0. The second kappa shape index (κ2) is 16.1. The van der Waals surface area contributed by atoms with Crippen LogP contribution in [0.1, 0.15) is 0 Å². The lowest BCUT2D eigenvalue weighted by Gasteiger charge is -2.44. The molecule has 0 bridgehead atoms. The first-order valence-electron chi connectivity index (χ1n) is 14.8. The molecule has 0 heterocycles. The van der Waals surface area contributed by atoms with E-state index in [-0.39, 0.29) is 6.61 Å². The van der Waals surface area contributed by atoms with Crippen LogP contribution in [0.15, 0.2) is 5.16 Å². The highest BCUT2D eigenvalue weighted by atomic mass is 31.2. The Morgan fingerprint density at radius 1 is 0.571 bits per heavy atom. The van der Waals surface area contributed by atoms with Crippen molar-refractivity contribution < 1.29 is 40.4 Å². The fourth-order valence-electron chi connectivity index (χ4n) is 3.76. The third-order valence-corrected chi connectivity index (χ3v) is 15.1. The molecule has 0 saturated heterocycles. The lowest BCUT2D eigenvalue weighted by Crippen LogP contribution is -2.59. The van der Waals surface area contributed by atoms with Crippen LogP contribution < -0.4 is 4.89 Å². The zero-order chi connectivity index (χ0) is 33.6. The Morgan fingerprint density at radius 3 is 1.29 bits per heavy atom. The van der Waals surface area contributed by atoms with Crippen LogP contribution >= 0.6 is 8.17 Å². The highest BCUT2D eigenvalue weighted by Gasteiger charge is 2.48. The summed E-state index contributed by atoms with van der Waals surface area (Å²) < 4.78 is 45.7. The van der Waals surface area contributed by atoms with Crippen molar-refractivity contribution in [3.63, 3.8) is 0 Å². The van der Waals surface area contributed by atoms with Gasteiger partial charge in [-0.25, -0.2) is 8.43 Å². The summed E-state index contributed by atoms with van der Waals surface area (Å²) in [5, 5.41) is 4.11. The molecule has 0 aromatic carbocycles. The lowest BCUT2D eigenvalue weighted by atomic mass is 10.0.